The van der Waals surface area contributed by atoms with Gasteiger partial charge in [-0.15, -0.1) is 11.3 Å². The van der Waals surface area contributed by atoms with E-state index < -0.39 is 12.1 Å². The number of thiophene rings is 1. The Hall–Kier alpha value is -3.00. The second kappa shape index (κ2) is 8.57. The number of aryl methyl sites for hydroxylation is 3. The minimum absolute atomic E-state index is 0.0581. The van der Waals surface area contributed by atoms with Crippen molar-refractivity contribution in [2.75, 3.05) is 5.32 Å². The first-order valence-corrected chi connectivity index (χ1v) is 10.4. The molecule has 1 atom stereocenters. The number of hydrogen-bond donors (Lipinski definition) is 1. The summed E-state index contributed by atoms with van der Waals surface area (Å²) in [5.41, 5.74) is 3.34. The SMILES string of the molecule is C[C@H](OC(=O)CCc1nc(-c2cccs2)no1)C(=O)Nc1ccc2c(c1)CCC2. The highest BCUT2D eigenvalue weighted by Crippen LogP contribution is 2.25. The van der Waals surface area contributed by atoms with Gasteiger partial charge in [-0.1, -0.05) is 17.3 Å². The minimum atomic E-state index is -0.889. The first kappa shape index (κ1) is 19.3. The highest BCUT2D eigenvalue weighted by atomic mass is 32.1. The zero-order valence-electron chi connectivity index (χ0n) is 16.0. The molecule has 2 aromatic heterocycles. The molecule has 29 heavy (non-hydrogen) atoms. The summed E-state index contributed by atoms with van der Waals surface area (Å²) in [5.74, 6) is 0.0256. The Morgan fingerprint density at radius 2 is 2.14 bits per heavy atom. The summed E-state index contributed by atoms with van der Waals surface area (Å²) in [5, 5.41) is 8.65. The molecular weight excluding hydrogens is 390 g/mol. The molecule has 1 aliphatic rings. The summed E-state index contributed by atoms with van der Waals surface area (Å²) in [6.07, 6.45) is 2.70. The molecule has 4 rings (SSSR count). The van der Waals surface area contributed by atoms with E-state index >= 15 is 0 Å². The zero-order valence-corrected chi connectivity index (χ0v) is 16.8. The smallest absolute Gasteiger partial charge is 0.307 e. The summed E-state index contributed by atoms with van der Waals surface area (Å²) in [6, 6.07) is 9.73. The number of nitrogens with zero attached hydrogens (tertiary/aromatic N) is 2. The van der Waals surface area contributed by atoms with Crippen LogP contribution >= 0.6 is 11.3 Å². The van der Waals surface area contributed by atoms with Crippen molar-refractivity contribution in [3.8, 4) is 10.7 Å². The number of nitrogens with one attached hydrogen (secondary N) is 1. The Morgan fingerprint density at radius 1 is 1.28 bits per heavy atom. The van der Waals surface area contributed by atoms with E-state index in [1.165, 1.54) is 22.5 Å². The largest absolute Gasteiger partial charge is 0.453 e. The van der Waals surface area contributed by atoms with Crippen LogP contribution in [0.4, 0.5) is 5.69 Å². The van der Waals surface area contributed by atoms with E-state index in [-0.39, 0.29) is 18.7 Å². The molecule has 0 bridgehead atoms. The number of fused-ring (bicyclic) bond motifs is 1. The van der Waals surface area contributed by atoms with Crippen LogP contribution in [0.25, 0.3) is 10.7 Å². The molecular formula is C21H21N3O4S. The lowest BCUT2D eigenvalue weighted by atomic mass is 10.1. The van der Waals surface area contributed by atoms with Gasteiger partial charge in [0.25, 0.3) is 5.91 Å². The monoisotopic (exact) mass is 411 g/mol. The van der Waals surface area contributed by atoms with E-state index in [4.69, 9.17) is 9.26 Å². The van der Waals surface area contributed by atoms with Crippen LogP contribution in [0.15, 0.2) is 40.2 Å². The molecule has 8 heteroatoms. The number of rotatable bonds is 7. The number of amides is 1. The van der Waals surface area contributed by atoms with Crippen LogP contribution in [0, 0.1) is 0 Å². The van der Waals surface area contributed by atoms with E-state index in [0.717, 1.165) is 29.8 Å². The summed E-state index contributed by atoms with van der Waals surface area (Å²) in [6.45, 7) is 1.56. The molecule has 0 saturated carbocycles. The number of carbonyl (C=O) groups excluding carboxylic acids is 2. The molecule has 0 saturated heterocycles. The van der Waals surface area contributed by atoms with Crippen molar-refractivity contribution < 1.29 is 18.8 Å². The molecule has 0 radical (unpaired) electrons. The Kier molecular flexibility index (Phi) is 5.71. The second-order valence-corrected chi connectivity index (χ2v) is 7.90. The third-order valence-electron chi connectivity index (χ3n) is 4.80. The van der Waals surface area contributed by atoms with E-state index in [1.807, 2.05) is 35.7 Å². The van der Waals surface area contributed by atoms with Gasteiger partial charge in [0.05, 0.1) is 11.3 Å². The van der Waals surface area contributed by atoms with Crippen molar-refractivity contribution in [3.63, 3.8) is 0 Å². The van der Waals surface area contributed by atoms with Gasteiger partial charge in [-0.25, -0.2) is 0 Å². The second-order valence-electron chi connectivity index (χ2n) is 6.95. The van der Waals surface area contributed by atoms with E-state index in [2.05, 4.69) is 15.5 Å². The molecule has 0 fully saturated rings. The van der Waals surface area contributed by atoms with Gasteiger partial charge in [-0.3, -0.25) is 9.59 Å². The van der Waals surface area contributed by atoms with Crippen LogP contribution in [0.1, 0.15) is 36.8 Å². The van der Waals surface area contributed by atoms with Crippen LogP contribution in [0.3, 0.4) is 0 Å². The number of aromatic nitrogens is 2. The van der Waals surface area contributed by atoms with Crippen LogP contribution < -0.4 is 5.32 Å². The molecule has 150 valence electrons. The number of anilines is 1. The van der Waals surface area contributed by atoms with Crippen molar-refractivity contribution >= 4 is 28.9 Å². The quantitative estimate of drug-likeness (QED) is 0.595. The van der Waals surface area contributed by atoms with Crippen molar-refractivity contribution in [2.24, 2.45) is 0 Å². The lowest BCUT2D eigenvalue weighted by Crippen LogP contribution is -2.30. The molecule has 1 amide bonds. The predicted octanol–water partition coefficient (Wildman–Crippen LogP) is 3.79. The average molecular weight is 411 g/mol. The van der Waals surface area contributed by atoms with Crippen molar-refractivity contribution in [1.82, 2.24) is 10.1 Å². The van der Waals surface area contributed by atoms with E-state index in [0.29, 0.717) is 11.7 Å². The van der Waals surface area contributed by atoms with E-state index in [9.17, 15) is 9.59 Å². The number of carbonyl (C=O) groups is 2. The third-order valence-corrected chi connectivity index (χ3v) is 5.66. The molecule has 3 aromatic rings. The van der Waals surface area contributed by atoms with Gasteiger partial charge >= 0.3 is 5.97 Å². The maximum atomic E-state index is 12.3. The maximum Gasteiger partial charge on any atom is 0.307 e. The fourth-order valence-corrected chi connectivity index (χ4v) is 3.92. The highest BCUT2D eigenvalue weighted by Gasteiger charge is 2.20. The number of esters is 1. The topological polar surface area (TPSA) is 94.3 Å². The normalized spacial score (nSPS) is 13.7. The van der Waals surface area contributed by atoms with Gasteiger partial charge < -0.3 is 14.6 Å². The fourth-order valence-electron chi connectivity index (χ4n) is 3.27. The molecule has 2 heterocycles. The van der Waals surface area contributed by atoms with Crippen LogP contribution in [0.2, 0.25) is 0 Å². The van der Waals surface area contributed by atoms with Crippen LogP contribution in [-0.4, -0.2) is 28.1 Å². The van der Waals surface area contributed by atoms with Crippen LogP contribution in [0.5, 0.6) is 0 Å². The fraction of sp³-hybridized carbons (Fsp3) is 0.333. The lowest BCUT2D eigenvalue weighted by Gasteiger charge is -2.14. The van der Waals surface area contributed by atoms with Crippen molar-refractivity contribution in [2.45, 2.75) is 45.1 Å². The van der Waals surface area contributed by atoms with Crippen LogP contribution in [-0.2, 0) is 33.6 Å². The minimum Gasteiger partial charge on any atom is -0.453 e. The van der Waals surface area contributed by atoms with E-state index in [1.54, 1.807) is 6.92 Å². The lowest BCUT2D eigenvalue weighted by molar-refractivity contribution is -0.153. The molecule has 7 nitrogen and oxygen atoms in total. The van der Waals surface area contributed by atoms with Gasteiger partial charge in [0.1, 0.15) is 0 Å². The summed E-state index contributed by atoms with van der Waals surface area (Å²) in [4.78, 5) is 29.6. The molecule has 1 N–H and O–H groups in total. The molecule has 0 unspecified atom stereocenters. The zero-order chi connectivity index (χ0) is 20.2. The number of benzene rings is 1. The summed E-state index contributed by atoms with van der Waals surface area (Å²) in [7, 11) is 0. The number of ether oxygens (including phenoxy) is 1. The molecule has 1 aliphatic carbocycles. The van der Waals surface area contributed by atoms with Gasteiger partial charge in [-0.05, 0) is 60.9 Å². The van der Waals surface area contributed by atoms with Gasteiger partial charge in [-0.2, -0.15) is 4.98 Å². The third kappa shape index (κ3) is 4.71. The Morgan fingerprint density at radius 3 is 2.97 bits per heavy atom. The maximum absolute atomic E-state index is 12.3. The Bertz CT molecular complexity index is 1010. The Labute approximate surface area is 172 Å². The van der Waals surface area contributed by atoms with Gasteiger partial charge in [0.15, 0.2) is 6.10 Å². The highest BCUT2D eigenvalue weighted by molar-refractivity contribution is 7.13. The Balaban J connectivity index is 1.25. The average Bonchev–Trinajstić information content (AvgIpc) is 3.46. The van der Waals surface area contributed by atoms with Gasteiger partial charge in [0.2, 0.25) is 11.7 Å². The first-order chi connectivity index (χ1) is 14.1. The molecule has 0 spiro atoms. The predicted molar refractivity (Wildman–Crippen MR) is 109 cm³/mol. The first-order valence-electron chi connectivity index (χ1n) is 9.57. The standard InChI is InChI=1S/C21H21N3O4S/c1-13(21(26)22-16-8-7-14-4-2-5-15(14)12-16)27-19(25)10-9-18-23-20(24-28-18)17-6-3-11-29-17/h3,6-8,11-13H,2,4-5,9-10H2,1H3,(H,22,26)/t13-/m0/s1. The summed E-state index contributed by atoms with van der Waals surface area (Å²) >= 11 is 1.51. The van der Waals surface area contributed by atoms with Gasteiger partial charge in [0, 0.05) is 12.1 Å². The molecule has 0 aliphatic heterocycles. The van der Waals surface area contributed by atoms with Crippen molar-refractivity contribution in [3.05, 3.63) is 52.7 Å². The molecule has 1 aromatic carbocycles. The summed E-state index contributed by atoms with van der Waals surface area (Å²) < 4.78 is 10.4. The van der Waals surface area contributed by atoms with Crippen molar-refractivity contribution in [1.29, 1.82) is 0 Å². The number of hydrogen-bond acceptors (Lipinski definition) is 7.